The molecule has 0 heteroatoms. The van der Waals surface area contributed by atoms with Gasteiger partial charge in [0.25, 0.3) is 0 Å². The molecule has 0 aromatic heterocycles. The highest BCUT2D eigenvalue weighted by Gasteiger charge is 2.38. The third kappa shape index (κ3) is 3.88. The standard InChI is InChI=1S/C54H38/c1-53(2)45-23-19-39-28-44-42-22-18-38(36-16-14-32-10-6-8-12-34(32)26-36)30-48(42)54(3,4)46-24-20-40-27-43(51(45)49(39)50(40)52(44)46)41-21-17-37(29-47(41)53)35-15-13-31-9-5-7-11-33(31)25-35/h5-30H,1-4H3. The van der Waals surface area contributed by atoms with Gasteiger partial charge in [-0.05, 0) is 157 Å². The lowest BCUT2D eigenvalue weighted by Crippen LogP contribution is -2.25. The average molecular weight is 687 g/mol. The number of hydrogen-bond acceptors (Lipinski definition) is 0. The Morgan fingerprint density at radius 3 is 1.07 bits per heavy atom. The van der Waals surface area contributed by atoms with Gasteiger partial charge in [-0.1, -0.05) is 149 Å². The lowest BCUT2D eigenvalue weighted by molar-refractivity contribution is 0.645. The van der Waals surface area contributed by atoms with Gasteiger partial charge in [-0.3, -0.25) is 0 Å². The first kappa shape index (κ1) is 30.2. The molecular weight excluding hydrogens is 649 g/mol. The monoisotopic (exact) mass is 686 g/mol. The fourth-order valence-electron chi connectivity index (χ4n) is 10.5. The Morgan fingerprint density at radius 2 is 0.630 bits per heavy atom. The average Bonchev–Trinajstić information content (AvgIpc) is 3.20. The van der Waals surface area contributed by atoms with Crippen LogP contribution in [0.15, 0.2) is 158 Å². The van der Waals surface area contributed by atoms with Gasteiger partial charge in [0.15, 0.2) is 0 Å². The van der Waals surface area contributed by atoms with E-state index in [0.29, 0.717) is 0 Å². The van der Waals surface area contributed by atoms with Crippen LogP contribution in [0.2, 0.25) is 0 Å². The number of fused-ring (bicyclic) bond motifs is 6. The Hall–Kier alpha value is -6.24. The minimum absolute atomic E-state index is 0.161. The molecule has 0 spiro atoms. The maximum atomic E-state index is 2.50. The van der Waals surface area contributed by atoms with Crippen LogP contribution in [-0.4, -0.2) is 0 Å². The van der Waals surface area contributed by atoms with Crippen molar-refractivity contribution >= 4 is 53.9 Å². The lowest BCUT2D eigenvalue weighted by Gasteiger charge is -2.39. The van der Waals surface area contributed by atoms with Gasteiger partial charge in [-0.15, -0.1) is 0 Å². The topological polar surface area (TPSA) is 0 Å². The zero-order valence-corrected chi connectivity index (χ0v) is 31.0. The summed E-state index contributed by atoms with van der Waals surface area (Å²) in [5.74, 6) is 0. The van der Waals surface area contributed by atoms with Crippen LogP contribution in [0.1, 0.15) is 49.9 Å². The number of rotatable bonds is 2. The van der Waals surface area contributed by atoms with Crippen molar-refractivity contribution in [2.24, 2.45) is 0 Å². The first-order chi connectivity index (χ1) is 26.3. The van der Waals surface area contributed by atoms with Gasteiger partial charge in [-0.2, -0.15) is 0 Å². The summed E-state index contributed by atoms with van der Waals surface area (Å²) in [6.45, 7) is 9.71. The predicted molar refractivity (Wildman–Crippen MR) is 231 cm³/mol. The summed E-state index contributed by atoms with van der Waals surface area (Å²) in [5, 5.41) is 13.5. The summed E-state index contributed by atoms with van der Waals surface area (Å²) >= 11 is 0. The van der Waals surface area contributed by atoms with Crippen molar-refractivity contribution in [1.29, 1.82) is 0 Å². The second kappa shape index (κ2) is 10.2. The van der Waals surface area contributed by atoms with E-state index in [1.54, 1.807) is 0 Å². The summed E-state index contributed by atoms with van der Waals surface area (Å²) in [5.41, 5.74) is 15.8. The van der Waals surface area contributed by atoms with Gasteiger partial charge < -0.3 is 0 Å². The molecule has 0 heterocycles. The molecule has 0 atom stereocenters. The molecular formula is C54H38. The van der Waals surface area contributed by atoms with Crippen molar-refractivity contribution < 1.29 is 0 Å². The van der Waals surface area contributed by atoms with Gasteiger partial charge in [0.1, 0.15) is 0 Å². The van der Waals surface area contributed by atoms with Crippen LogP contribution < -0.4 is 0 Å². The molecule has 0 fully saturated rings. The van der Waals surface area contributed by atoms with E-state index in [0.717, 1.165) is 0 Å². The third-order valence-electron chi connectivity index (χ3n) is 13.3. The van der Waals surface area contributed by atoms with Crippen LogP contribution in [-0.2, 0) is 10.8 Å². The van der Waals surface area contributed by atoms with E-state index in [9.17, 15) is 0 Å². The zero-order valence-electron chi connectivity index (χ0n) is 31.0. The minimum atomic E-state index is -0.161. The molecule has 0 saturated carbocycles. The smallest absolute Gasteiger partial charge is 0.0159 e. The first-order valence-electron chi connectivity index (χ1n) is 19.3. The number of hydrogen-bond donors (Lipinski definition) is 0. The van der Waals surface area contributed by atoms with Crippen LogP contribution >= 0.6 is 0 Å². The molecule has 0 amide bonds. The summed E-state index contributed by atoms with van der Waals surface area (Å²) in [6.07, 6.45) is 0. The quantitative estimate of drug-likeness (QED) is 0.159. The Labute approximate surface area is 315 Å². The van der Waals surface area contributed by atoms with E-state index in [4.69, 9.17) is 0 Å². The Kier molecular flexibility index (Phi) is 5.74. The van der Waals surface area contributed by atoms with Gasteiger partial charge in [0.2, 0.25) is 0 Å². The van der Waals surface area contributed by atoms with E-state index in [2.05, 4.69) is 185 Å². The van der Waals surface area contributed by atoms with Gasteiger partial charge in [0.05, 0.1) is 0 Å². The highest BCUT2D eigenvalue weighted by molar-refractivity contribution is 6.31. The molecule has 2 aliphatic carbocycles. The highest BCUT2D eigenvalue weighted by atomic mass is 14.4. The van der Waals surface area contributed by atoms with E-state index in [1.807, 2.05) is 0 Å². The lowest BCUT2D eigenvalue weighted by atomic mass is 9.64. The Balaban J connectivity index is 1.08. The van der Waals surface area contributed by atoms with Gasteiger partial charge in [0, 0.05) is 10.8 Å². The van der Waals surface area contributed by atoms with Gasteiger partial charge >= 0.3 is 0 Å². The molecule has 12 rings (SSSR count). The van der Waals surface area contributed by atoms with Crippen LogP contribution in [0.5, 0.6) is 0 Å². The van der Waals surface area contributed by atoms with Crippen molar-refractivity contribution in [3.05, 3.63) is 180 Å². The van der Waals surface area contributed by atoms with Crippen molar-refractivity contribution in [2.45, 2.75) is 38.5 Å². The molecule has 0 aliphatic heterocycles. The molecule has 2 aliphatic rings. The summed E-state index contributed by atoms with van der Waals surface area (Å²) < 4.78 is 0. The Morgan fingerprint density at radius 1 is 0.259 bits per heavy atom. The molecule has 0 N–H and O–H groups in total. The van der Waals surface area contributed by atoms with E-state index >= 15 is 0 Å². The number of benzene rings is 10. The summed E-state index contributed by atoms with van der Waals surface area (Å²) in [6, 6.07) is 60.1. The van der Waals surface area contributed by atoms with Crippen molar-refractivity contribution in [2.75, 3.05) is 0 Å². The van der Waals surface area contributed by atoms with E-state index in [1.165, 1.54) is 121 Å². The molecule has 0 unspecified atom stereocenters. The molecule has 10 aromatic carbocycles. The largest absolute Gasteiger partial charge is 0.0616 e. The van der Waals surface area contributed by atoms with Crippen molar-refractivity contribution in [1.82, 2.24) is 0 Å². The van der Waals surface area contributed by atoms with Crippen LogP contribution in [0.3, 0.4) is 0 Å². The second-order valence-corrected chi connectivity index (χ2v) is 16.9. The molecule has 10 aromatic rings. The minimum Gasteiger partial charge on any atom is -0.0616 e. The fraction of sp³-hybridized carbons (Fsp3) is 0.111. The molecule has 254 valence electrons. The molecule has 0 nitrogen and oxygen atoms in total. The van der Waals surface area contributed by atoms with Crippen molar-refractivity contribution in [3.8, 4) is 44.5 Å². The van der Waals surface area contributed by atoms with Crippen LogP contribution in [0.25, 0.3) is 98.4 Å². The normalized spacial score (nSPS) is 15.0. The maximum Gasteiger partial charge on any atom is 0.0159 e. The van der Waals surface area contributed by atoms with Gasteiger partial charge in [-0.25, -0.2) is 0 Å². The third-order valence-corrected chi connectivity index (χ3v) is 13.3. The van der Waals surface area contributed by atoms with Crippen LogP contribution in [0.4, 0.5) is 0 Å². The highest BCUT2D eigenvalue weighted by Crippen LogP contribution is 2.57. The first-order valence-corrected chi connectivity index (χ1v) is 19.3. The SMILES string of the molecule is CC1(C)c2cc(-c3ccc4ccccc4c3)ccc2-c2cc3ccc4c5c(cc6ccc1c2c6c35)-c1ccc(-c2ccc3ccccc3c2)cc1C4(C)C. The summed E-state index contributed by atoms with van der Waals surface area (Å²) in [4.78, 5) is 0. The predicted octanol–water partition coefficient (Wildman–Crippen LogP) is 14.8. The molecule has 0 radical (unpaired) electrons. The van der Waals surface area contributed by atoms with E-state index in [-0.39, 0.29) is 10.8 Å². The fourth-order valence-corrected chi connectivity index (χ4v) is 10.5. The summed E-state index contributed by atoms with van der Waals surface area (Å²) in [7, 11) is 0. The maximum absolute atomic E-state index is 2.50. The zero-order chi connectivity index (χ0) is 36.1. The Bertz CT molecular complexity index is 3040. The van der Waals surface area contributed by atoms with E-state index < -0.39 is 0 Å². The molecule has 54 heavy (non-hydrogen) atoms. The van der Waals surface area contributed by atoms with Crippen molar-refractivity contribution in [3.63, 3.8) is 0 Å². The van der Waals surface area contributed by atoms with Crippen LogP contribution in [0, 0.1) is 0 Å². The molecule has 0 saturated heterocycles. The molecule has 0 bridgehead atoms. The second-order valence-electron chi connectivity index (χ2n) is 16.9.